The lowest BCUT2D eigenvalue weighted by Gasteiger charge is -2.34. The minimum atomic E-state index is -0.308. The van der Waals surface area contributed by atoms with Crippen LogP contribution in [0.5, 0.6) is 11.5 Å². The van der Waals surface area contributed by atoms with Gasteiger partial charge in [-0.2, -0.15) is 0 Å². The normalized spacial score (nSPS) is 14.3. The first kappa shape index (κ1) is 20.9. The van der Waals surface area contributed by atoms with Gasteiger partial charge in [0.2, 0.25) is 0 Å². The van der Waals surface area contributed by atoms with Crippen LogP contribution in [0.25, 0.3) is 0 Å². The molecule has 3 rings (SSSR count). The van der Waals surface area contributed by atoms with Gasteiger partial charge >= 0.3 is 6.03 Å². The molecule has 2 aromatic rings. The van der Waals surface area contributed by atoms with Gasteiger partial charge in [-0.3, -0.25) is 0 Å². The van der Waals surface area contributed by atoms with Gasteiger partial charge in [-0.05, 0) is 36.6 Å². The number of nitrogens with one attached hydrogen (secondary N) is 1. The molecule has 1 aliphatic heterocycles. The summed E-state index contributed by atoms with van der Waals surface area (Å²) in [7, 11) is 3.15. The van der Waals surface area contributed by atoms with Crippen LogP contribution in [0.1, 0.15) is 24.0 Å². The topological polar surface area (TPSA) is 60.0 Å². The summed E-state index contributed by atoms with van der Waals surface area (Å²) >= 11 is 0. The predicted molar refractivity (Wildman–Crippen MR) is 108 cm³/mol. The Bertz CT molecular complexity index is 824. The number of hydrogen-bond donors (Lipinski definition) is 1. The van der Waals surface area contributed by atoms with Crippen molar-refractivity contribution in [2.24, 2.45) is 0 Å². The monoisotopic (exact) mass is 402 g/mol. The summed E-state index contributed by atoms with van der Waals surface area (Å²) in [5.74, 6) is 0.926. The van der Waals surface area contributed by atoms with E-state index < -0.39 is 0 Å². The maximum atomic E-state index is 14.2. The number of nitrogens with zero attached hydrogens (tertiary/aromatic N) is 1. The summed E-state index contributed by atoms with van der Waals surface area (Å²) in [4.78, 5) is 14.7. The minimum Gasteiger partial charge on any atom is -0.493 e. The molecule has 0 unspecified atom stereocenters. The van der Waals surface area contributed by atoms with Gasteiger partial charge in [-0.25, -0.2) is 9.18 Å². The van der Waals surface area contributed by atoms with E-state index in [9.17, 15) is 9.18 Å². The van der Waals surface area contributed by atoms with E-state index in [0.29, 0.717) is 36.8 Å². The third-order valence-electron chi connectivity index (χ3n) is 5.08. The summed E-state index contributed by atoms with van der Waals surface area (Å²) in [6.45, 7) is 1.74. The van der Waals surface area contributed by atoms with E-state index in [-0.39, 0.29) is 24.4 Å². The molecular formula is C22H27FN2O4. The van der Waals surface area contributed by atoms with Gasteiger partial charge in [-0.15, -0.1) is 0 Å². The molecule has 29 heavy (non-hydrogen) atoms. The fourth-order valence-corrected chi connectivity index (χ4v) is 3.44. The van der Waals surface area contributed by atoms with Crippen LogP contribution in [-0.4, -0.2) is 44.4 Å². The van der Waals surface area contributed by atoms with Crippen LogP contribution in [0.3, 0.4) is 0 Å². The first-order valence-corrected chi connectivity index (χ1v) is 9.69. The molecule has 1 aliphatic rings. The van der Waals surface area contributed by atoms with E-state index >= 15 is 0 Å². The molecule has 0 aromatic heterocycles. The number of carbonyl (C=O) groups excluding carboxylic acids is 1. The van der Waals surface area contributed by atoms with Crippen LogP contribution in [0.15, 0.2) is 42.5 Å². The Morgan fingerprint density at radius 2 is 1.86 bits per heavy atom. The van der Waals surface area contributed by atoms with Crippen molar-refractivity contribution in [2.75, 3.05) is 27.4 Å². The second-order valence-electron chi connectivity index (χ2n) is 6.91. The molecule has 6 nitrogen and oxygen atoms in total. The zero-order chi connectivity index (χ0) is 20.6. The van der Waals surface area contributed by atoms with Gasteiger partial charge in [0.1, 0.15) is 5.82 Å². The lowest BCUT2D eigenvalue weighted by atomic mass is 10.1. The van der Waals surface area contributed by atoms with E-state index in [1.54, 1.807) is 43.4 Å². The van der Waals surface area contributed by atoms with Gasteiger partial charge in [0.25, 0.3) is 0 Å². The first-order chi connectivity index (χ1) is 14.1. The summed E-state index contributed by atoms with van der Waals surface area (Å²) in [6.07, 6.45) is 1.47. The summed E-state index contributed by atoms with van der Waals surface area (Å²) in [5.41, 5.74) is 1.38. The van der Waals surface area contributed by atoms with Crippen LogP contribution in [0, 0.1) is 5.82 Å². The molecule has 0 radical (unpaired) electrons. The van der Waals surface area contributed by atoms with Crippen LogP contribution in [-0.2, 0) is 17.8 Å². The van der Waals surface area contributed by atoms with Gasteiger partial charge in [0.15, 0.2) is 11.5 Å². The second kappa shape index (κ2) is 10.1. The number of amides is 2. The van der Waals surface area contributed by atoms with E-state index in [2.05, 4.69) is 5.32 Å². The van der Waals surface area contributed by atoms with Crippen molar-refractivity contribution in [3.8, 4) is 11.5 Å². The molecule has 1 saturated heterocycles. The van der Waals surface area contributed by atoms with E-state index in [1.807, 2.05) is 12.1 Å². The van der Waals surface area contributed by atoms with Crippen LogP contribution in [0.4, 0.5) is 9.18 Å². The maximum Gasteiger partial charge on any atom is 0.318 e. The molecule has 1 heterocycles. The molecule has 156 valence electrons. The Balaban J connectivity index is 1.71. The Morgan fingerprint density at radius 3 is 2.55 bits per heavy atom. The molecule has 1 fully saturated rings. The molecule has 0 saturated carbocycles. The number of halogens is 1. The number of rotatable bonds is 7. The number of benzene rings is 2. The van der Waals surface area contributed by atoms with Gasteiger partial charge in [0, 0.05) is 31.4 Å². The number of urea groups is 1. The van der Waals surface area contributed by atoms with Crippen molar-refractivity contribution in [2.45, 2.75) is 32.0 Å². The predicted octanol–water partition coefficient (Wildman–Crippen LogP) is 3.73. The molecule has 1 N–H and O–H groups in total. The van der Waals surface area contributed by atoms with Crippen molar-refractivity contribution in [3.63, 3.8) is 0 Å². The summed E-state index contributed by atoms with van der Waals surface area (Å²) in [6, 6.07) is 11.8. The molecule has 2 aromatic carbocycles. The SMILES string of the molecule is COc1ccc(CNC(=O)N(Cc2ccccc2F)C2CCOCC2)cc1OC. The van der Waals surface area contributed by atoms with Crippen molar-refractivity contribution < 1.29 is 23.4 Å². The van der Waals surface area contributed by atoms with E-state index in [0.717, 1.165) is 18.4 Å². The van der Waals surface area contributed by atoms with Gasteiger partial charge < -0.3 is 24.4 Å². The van der Waals surface area contributed by atoms with Crippen LogP contribution < -0.4 is 14.8 Å². The molecule has 0 atom stereocenters. The van der Waals surface area contributed by atoms with Gasteiger partial charge in [0.05, 0.1) is 20.8 Å². The largest absolute Gasteiger partial charge is 0.493 e. The lowest BCUT2D eigenvalue weighted by Crippen LogP contribution is -2.47. The summed E-state index contributed by atoms with van der Waals surface area (Å²) in [5, 5.41) is 2.95. The molecular weight excluding hydrogens is 375 g/mol. The molecule has 7 heteroatoms. The Hall–Kier alpha value is -2.80. The van der Waals surface area contributed by atoms with Crippen molar-refractivity contribution in [1.29, 1.82) is 0 Å². The van der Waals surface area contributed by atoms with Gasteiger partial charge in [-0.1, -0.05) is 24.3 Å². The summed E-state index contributed by atoms with van der Waals surface area (Å²) < 4.78 is 30.2. The fourth-order valence-electron chi connectivity index (χ4n) is 3.44. The third-order valence-corrected chi connectivity index (χ3v) is 5.08. The molecule has 2 amide bonds. The maximum absolute atomic E-state index is 14.2. The highest BCUT2D eigenvalue weighted by atomic mass is 19.1. The average molecular weight is 402 g/mol. The van der Waals surface area contributed by atoms with E-state index in [4.69, 9.17) is 14.2 Å². The highest BCUT2D eigenvalue weighted by Crippen LogP contribution is 2.27. The number of carbonyl (C=O) groups is 1. The van der Waals surface area contributed by atoms with Crippen molar-refractivity contribution in [3.05, 3.63) is 59.4 Å². The smallest absolute Gasteiger partial charge is 0.318 e. The minimum absolute atomic E-state index is 0.00811. The Kier molecular flexibility index (Phi) is 7.30. The van der Waals surface area contributed by atoms with Crippen molar-refractivity contribution in [1.82, 2.24) is 10.2 Å². The molecule has 0 spiro atoms. The highest BCUT2D eigenvalue weighted by Gasteiger charge is 2.26. The molecule has 0 bridgehead atoms. The fraction of sp³-hybridized carbons (Fsp3) is 0.409. The van der Waals surface area contributed by atoms with Crippen molar-refractivity contribution >= 4 is 6.03 Å². The molecule has 0 aliphatic carbocycles. The average Bonchev–Trinajstić information content (AvgIpc) is 2.77. The quantitative estimate of drug-likeness (QED) is 0.767. The lowest BCUT2D eigenvalue weighted by molar-refractivity contribution is 0.0434. The highest BCUT2D eigenvalue weighted by molar-refractivity contribution is 5.74. The number of ether oxygens (including phenoxy) is 3. The first-order valence-electron chi connectivity index (χ1n) is 9.69. The Labute approximate surface area is 170 Å². The zero-order valence-corrected chi connectivity index (χ0v) is 16.8. The third kappa shape index (κ3) is 5.38. The second-order valence-corrected chi connectivity index (χ2v) is 6.91. The van der Waals surface area contributed by atoms with E-state index in [1.165, 1.54) is 6.07 Å². The van der Waals surface area contributed by atoms with Crippen LogP contribution in [0.2, 0.25) is 0 Å². The zero-order valence-electron chi connectivity index (χ0n) is 16.8. The standard InChI is InChI=1S/C22H27FN2O4/c1-27-20-8-7-16(13-21(20)28-2)14-24-22(26)25(18-9-11-29-12-10-18)15-17-5-3-4-6-19(17)23/h3-8,13,18H,9-12,14-15H2,1-2H3,(H,24,26). The number of methoxy groups -OCH3 is 2. The Morgan fingerprint density at radius 1 is 1.14 bits per heavy atom. The number of hydrogen-bond acceptors (Lipinski definition) is 4. The van der Waals surface area contributed by atoms with Crippen LogP contribution >= 0.6 is 0 Å².